The molecule has 0 bridgehead atoms. The number of rotatable bonds is 0. The van der Waals surface area contributed by atoms with Crippen LogP contribution in [0.15, 0.2) is 0 Å². The fraction of sp³-hybridized carbons (Fsp3) is 0.750. The van der Waals surface area contributed by atoms with Crippen molar-refractivity contribution in [3.05, 3.63) is 5.21 Å². The molecular formula is C4H9NOS. The number of hydroxylamine groups is 1. The Kier molecular flexibility index (Phi) is 2.83. The van der Waals surface area contributed by atoms with Crippen molar-refractivity contribution < 1.29 is 4.74 Å². The smallest absolute Gasteiger partial charge is 0.218 e. The van der Waals surface area contributed by atoms with Crippen molar-refractivity contribution in [2.45, 2.75) is 6.92 Å². The Bertz CT molecular complexity index is 85.7. The minimum Gasteiger partial charge on any atom is -0.623 e. The summed E-state index contributed by atoms with van der Waals surface area (Å²) >= 11 is 1.46. The summed E-state index contributed by atoms with van der Waals surface area (Å²) in [6.45, 7) is 1.79. The molecular weight excluding hydrogens is 110 g/mol. The average molecular weight is 119 g/mol. The van der Waals surface area contributed by atoms with Crippen LogP contribution in [0.25, 0.3) is 0 Å². The molecule has 0 amide bonds. The molecule has 7 heavy (non-hydrogen) atoms. The van der Waals surface area contributed by atoms with Gasteiger partial charge in [-0.25, -0.2) is 4.74 Å². The van der Waals surface area contributed by atoms with Crippen LogP contribution in [-0.2, 0) is 0 Å². The number of thioether (sulfide) groups is 1. The Morgan fingerprint density at radius 3 is 2.14 bits per heavy atom. The minimum absolute atomic E-state index is 0.792. The second-order valence-corrected chi connectivity index (χ2v) is 2.22. The van der Waals surface area contributed by atoms with E-state index in [-0.39, 0.29) is 0 Å². The van der Waals surface area contributed by atoms with Gasteiger partial charge in [0.1, 0.15) is 7.05 Å². The highest BCUT2D eigenvalue weighted by Crippen LogP contribution is 1.93. The molecule has 0 saturated carbocycles. The predicted molar refractivity (Wildman–Crippen MR) is 33.7 cm³/mol. The number of hydrogen-bond acceptors (Lipinski definition) is 2. The van der Waals surface area contributed by atoms with Gasteiger partial charge in [0.05, 0.1) is 0 Å². The average Bonchev–Trinajstić information content (AvgIpc) is 1.65. The molecule has 0 aromatic heterocycles. The van der Waals surface area contributed by atoms with Crippen molar-refractivity contribution in [3.63, 3.8) is 0 Å². The maximum absolute atomic E-state index is 10.2. The second kappa shape index (κ2) is 2.91. The highest BCUT2D eigenvalue weighted by atomic mass is 32.2. The molecule has 0 aliphatic carbocycles. The first-order valence-electron chi connectivity index (χ1n) is 1.97. The summed E-state index contributed by atoms with van der Waals surface area (Å²) in [6, 6.07) is 0. The molecule has 3 heteroatoms. The summed E-state index contributed by atoms with van der Waals surface area (Å²) in [5.74, 6) is 0. The van der Waals surface area contributed by atoms with Crippen LogP contribution >= 0.6 is 11.8 Å². The van der Waals surface area contributed by atoms with Crippen LogP contribution in [0.5, 0.6) is 0 Å². The molecule has 0 spiro atoms. The minimum atomic E-state index is 0.792. The van der Waals surface area contributed by atoms with Crippen molar-refractivity contribution in [1.82, 2.24) is 0 Å². The van der Waals surface area contributed by atoms with Crippen LogP contribution < -0.4 is 0 Å². The Morgan fingerprint density at radius 2 is 2.14 bits per heavy atom. The summed E-state index contributed by atoms with van der Waals surface area (Å²) < 4.78 is 0.852. The van der Waals surface area contributed by atoms with Gasteiger partial charge < -0.3 is 5.21 Å². The fourth-order valence-electron chi connectivity index (χ4n) is 0.129. The third-order valence-electron chi connectivity index (χ3n) is 0.739. The van der Waals surface area contributed by atoms with Gasteiger partial charge in [0.15, 0.2) is 0 Å². The van der Waals surface area contributed by atoms with Crippen molar-refractivity contribution in [1.29, 1.82) is 0 Å². The van der Waals surface area contributed by atoms with E-state index in [0.29, 0.717) is 0 Å². The Morgan fingerprint density at radius 1 is 1.71 bits per heavy atom. The van der Waals surface area contributed by atoms with Crippen LogP contribution in [0.3, 0.4) is 0 Å². The van der Waals surface area contributed by atoms with E-state index in [1.54, 1.807) is 6.92 Å². The van der Waals surface area contributed by atoms with E-state index in [4.69, 9.17) is 0 Å². The van der Waals surface area contributed by atoms with E-state index in [9.17, 15) is 5.21 Å². The molecule has 0 N–H and O–H groups in total. The molecule has 0 fully saturated rings. The molecule has 0 radical (unpaired) electrons. The van der Waals surface area contributed by atoms with Crippen LogP contribution in [-0.4, -0.2) is 23.1 Å². The first kappa shape index (κ1) is 6.82. The summed E-state index contributed by atoms with van der Waals surface area (Å²) in [5, 5.41) is 11.0. The molecule has 0 aromatic rings. The summed E-state index contributed by atoms with van der Waals surface area (Å²) in [6.07, 6.45) is 1.88. The van der Waals surface area contributed by atoms with Crippen LogP contribution in [0.1, 0.15) is 6.92 Å². The molecule has 0 saturated heterocycles. The maximum atomic E-state index is 10.2. The Hall–Kier alpha value is -0.180. The standard InChI is InChI=1S/C4H9NOS/c1-4(7-3)5(2)6/h1-3H3/b5-4+. The van der Waals surface area contributed by atoms with Crippen LogP contribution in [0.2, 0.25) is 0 Å². The molecule has 0 aromatic carbocycles. The van der Waals surface area contributed by atoms with Crippen LogP contribution in [0.4, 0.5) is 0 Å². The SMILES string of the molecule is CS/C(C)=[N+](\C)[O-]. The fourth-order valence-corrected chi connectivity index (χ4v) is 0.386. The Labute approximate surface area is 47.8 Å². The van der Waals surface area contributed by atoms with Gasteiger partial charge in [0.2, 0.25) is 5.04 Å². The van der Waals surface area contributed by atoms with Crippen molar-refractivity contribution in [3.8, 4) is 0 Å². The molecule has 2 nitrogen and oxygen atoms in total. The molecule has 0 atom stereocenters. The van der Waals surface area contributed by atoms with Gasteiger partial charge in [0.25, 0.3) is 0 Å². The van der Waals surface area contributed by atoms with Crippen molar-refractivity contribution in [2.24, 2.45) is 0 Å². The summed E-state index contributed by atoms with van der Waals surface area (Å²) in [7, 11) is 1.49. The lowest BCUT2D eigenvalue weighted by molar-refractivity contribution is -0.419. The third-order valence-corrected chi connectivity index (χ3v) is 1.59. The second-order valence-electron chi connectivity index (χ2n) is 1.22. The highest BCUT2D eigenvalue weighted by molar-refractivity contribution is 8.13. The van der Waals surface area contributed by atoms with E-state index in [1.165, 1.54) is 18.8 Å². The lowest BCUT2D eigenvalue weighted by atomic mass is 10.9. The quantitative estimate of drug-likeness (QED) is 0.156. The predicted octanol–water partition coefficient (Wildman–Crippen LogP) is 0.908. The topological polar surface area (TPSA) is 26.1 Å². The lowest BCUT2D eigenvalue weighted by Crippen LogP contribution is -2.01. The van der Waals surface area contributed by atoms with Gasteiger partial charge in [-0.2, -0.15) is 0 Å². The van der Waals surface area contributed by atoms with Gasteiger partial charge in [0, 0.05) is 6.92 Å². The van der Waals surface area contributed by atoms with Gasteiger partial charge >= 0.3 is 0 Å². The van der Waals surface area contributed by atoms with Crippen molar-refractivity contribution >= 4 is 16.8 Å². The van der Waals surface area contributed by atoms with E-state index in [0.717, 1.165) is 9.78 Å². The zero-order chi connectivity index (χ0) is 5.86. The maximum Gasteiger partial charge on any atom is 0.218 e. The van der Waals surface area contributed by atoms with Crippen molar-refractivity contribution in [2.75, 3.05) is 13.3 Å². The first-order valence-corrected chi connectivity index (χ1v) is 3.19. The lowest BCUT2D eigenvalue weighted by Gasteiger charge is -1.96. The zero-order valence-electron chi connectivity index (χ0n) is 4.76. The molecule has 0 rings (SSSR count). The van der Waals surface area contributed by atoms with E-state index < -0.39 is 0 Å². The summed E-state index contributed by atoms with van der Waals surface area (Å²) in [5.41, 5.74) is 0. The molecule has 42 valence electrons. The molecule has 0 unspecified atom stereocenters. The van der Waals surface area contributed by atoms with E-state index >= 15 is 0 Å². The molecule has 0 aliphatic heterocycles. The van der Waals surface area contributed by atoms with Gasteiger partial charge in [-0.15, -0.1) is 0 Å². The van der Waals surface area contributed by atoms with Crippen LogP contribution in [0, 0.1) is 5.21 Å². The normalized spacial score (nSPS) is 13.6. The molecule has 0 heterocycles. The number of hydrogen-bond donors (Lipinski definition) is 0. The third kappa shape index (κ3) is 2.51. The van der Waals surface area contributed by atoms with Gasteiger partial charge in [-0.3, -0.25) is 0 Å². The Balaban J connectivity index is 3.72. The molecule has 0 aliphatic rings. The highest BCUT2D eigenvalue weighted by Gasteiger charge is 1.90. The number of nitrogens with zero attached hydrogens (tertiary/aromatic N) is 1. The largest absolute Gasteiger partial charge is 0.623 e. The summed E-state index contributed by atoms with van der Waals surface area (Å²) in [4.78, 5) is 0. The van der Waals surface area contributed by atoms with E-state index in [1.807, 2.05) is 6.26 Å². The van der Waals surface area contributed by atoms with Gasteiger partial charge in [-0.1, -0.05) is 11.8 Å². The van der Waals surface area contributed by atoms with E-state index in [2.05, 4.69) is 0 Å². The zero-order valence-corrected chi connectivity index (χ0v) is 5.58. The monoisotopic (exact) mass is 119 g/mol. The van der Waals surface area contributed by atoms with Gasteiger partial charge in [-0.05, 0) is 6.26 Å². The first-order chi connectivity index (χ1) is 3.18.